The molecule has 8 heteroatoms. The largest absolute Gasteiger partial charge is 0.346 e. The third-order valence-corrected chi connectivity index (χ3v) is 4.70. The van der Waals surface area contributed by atoms with Gasteiger partial charge in [-0.1, -0.05) is 0 Å². The number of nitrogens with zero attached hydrogens (tertiary/aromatic N) is 6. The fourth-order valence-electron chi connectivity index (χ4n) is 3.43. The molecule has 1 atom stereocenters. The number of hydrogen-bond donors (Lipinski definition) is 1. The van der Waals surface area contributed by atoms with E-state index in [0.29, 0.717) is 5.69 Å². The van der Waals surface area contributed by atoms with E-state index in [1.54, 1.807) is 30.2 Å². The van der Waals surface area contributed by atoms with Crippen LogP contribution in [0.25, 0.3) is 11.2 Å². The Hall–Kier alpha value is -2.90. The van der Waals surface area contributed by atoms with Gasteiger partial charge in [0.05, 0.1) is 0 Å². The minimum absolute atomic E-state index is 0.0847. The SMILES string of the molecule is Cn1nccc1C(=O)NC1CCCN(c2nc3cccnc3n2C)C1. The molecule has 0 aliphatic carbocycles. The molecule has 1 amide bonds. The van der Waals surface area contributed by atoms with Crippen molar-refractivity contribution in [3.05, 3.63) is 36.3 Å². The summed E-state index contributed by atoms with van der Waals surface area (Å²) in [6, 6.07) is 5.68. The second-order valence-corrected chi connectivity index (χ2v) is 6.42. The molecule has 3 aromatic rings. The number of amides is 1. The molecule has 0 radical (unpaired) electrons. The smallest absolute Gasteiger partial charge is 0.269 e. The molecule has 1 fully saturated rings. The molecule has 25 heavy (non-hydrogen) atoms. The summed E-state index contributed by atoms with van der Waals surface area (Å²) in [5.41, 5.74) is 2.34. The minimum Gasteiger partial charge on any atom is -0.346 e. The first-order valence-corrected chi connectivity index (χ1v) is 8.45. The van der Waals surface area contributed by atoms with E-state index in [2.05, 4.69) is 20.3 Å². The highest BCUT2D eigenvalue weighted by molar-refractivity contribution is 5.92. The molecule has 130 valence electrons. The molecule has 8 nitrogen and oxygen atoms in total. The monoisotopic (exact) mass is 339 g/mol. The van der Waals surface area contributed by atoms with Crippen LogP contribution in [0, 0.1) is 0 Å². The van der Waals surface area contributed by atoms with Gasteiger partial charge in [-0.15, -0.1) is 0 Å². The van der Waals surface area contributed by atoms with Crippen LogP contribution in [0.15, 0.2) is 30.6 Å². The molecule has 0 spiro atoms. The summed E-state index contributed by atoms with van der Waals surface area (Å²) in [5, 5.41) is 7.18. The van der Waals surface area contributed by atoms with E-state index in [-0.39, 0.29) is 11.9 Å². The van der Waals surface area contributed by atoms with Crippen LogP contribution in [0.2, 0.25) is 0 Å². The number of hydrogen-bond acceptors (Lipinski definition) is 5. The first kappa shape index (κ1) is 15.6. The number of aryl methyl sites for hydroxylation is 2. The maximum absolute atomic E-state index is 12.4. The number of carbonyl (C=O) groups excluding carboxylic acids is 1. The van der Waals surface area contributed by atoms with Crippen LogP contribution in [0.1, 0.15) is 23.3 Å². The van der Waals surface area contributed by atoms with Crippen LogP contribution < -0.4 is 10.2 Å². The van der Waals surface area contributed by atoms with Crippen LogP contribution in [0.5, 0.6) is 0 Å². The zero-order chi connectivity index (χ0) is 17.4. The van der Waals surface area contributed by atoms with Crippen LogP contribution in [0.3, 0.4) is 0 Å². The third kappa shape index (κ3) is 2.84. The highest BCUT2D eigenvalue weighted by Gasteiger charge is 2.25. The van der Waals surface area contributed by atoms with E-state index in [1.807, 2.05) is 23.7 Å². The Balaban J connectivity index is 1.51. The minimum atomic E-state index is -0.0847. The van der Waals surface area contributed by atoms with Crippen molar-refractivity contribution in [1.29, 1.82) is 0 Å². The van der Waals surface area contributed by atoms with Crippen molar-refractivity contribution in [3.63, 3.8) is 0 Å². The molecule has 4 heterocycles. The van der Waals surface area contributed by atoms with Crippen molar-refractivity contribution in [2.24, 2.45) is 14.1 Å². The number of carbonyl (C=O) groups is 1. The third-order valence-electron chi connectivity index (χ3n) is 4.70. The van der Waals surface area contributed by atoms with Crippen molar-refractivity contribution >= 4 is 23.0 Å². The number of piperidine rings is 1. The second-order valence-electron chi connectivity index (χ2n) is 6.42. The average Bonchev–Trinajstić information content (AvgIpc) is 3.19. The lowest BCUT2D eigenvalue weighted by molar-refractivity contribution is 0.0923. The Bertz CT molecular complexity index is 913. The van der Waals surface area contributed by atoms with Gasteiger partial charge in [-0.3, -0.25) is 14.0 Å². The van der Waals surface area contributed by atoms with Gasteiger partial charge < -0.3 is 10.2 Å². The van der Waals surface area contributed by atoms with Crippen molar-refractivity contribution in [2.45, 2.75) is 18.9 Å². The van der Waals surface area contributed by atoms with Crippen molar-refractivity contribution < 1.29 is 4.79 Å². The first-order valence-electron chi connectivity index (χ1n) is 8.45. The van der Waals surface area contributed by atoms with Crippen LogP contribution >= 0.6 is 0 Å². The van der Waals surface area contributed by atoms with Gasteiger partial charge in [0, 0.05) is 45.6 Å². The zero-order valence-electron chi connectivity index (χ0n) is 14.4. The van der Waals surface area contributed by atoms with Gasteiger partial charge in [0.2, 0.25) is 5.95 Å². The standard InChI is InChI=1S/C17H21N7O/c1-22-15-13(6-3-8-18-15)21-17(22)24-10-4-5-12(11-24)20-16(25)14-7-9-19-23(14)2/h3,6-9,12H,4-5,10-11H2,1-2H3,(H,20,25). The van der Waals surface area contributed by atoms with Gasteiger partial charge >= 0.3 is 0 Å². The lowest BCUT2D eigenvalue weighted by atomic mass is 10.1. The van der Waals surface area contributed by atoms with E-state index >= 15 is 0 Å². The van der Waals surface area contributed by atoms with Crippen molar-refractivity contribution in [2.75, 3.05) is 18.0 Å². The molecule has 0 saturated carbocycles. The van der Waals surface area contributed by atoms with Gasteiger partial charge in [0.1, 0.15) is 11.2 Å². The van der Waals surface area contributed by atoms with Gasteiger partial charge in [-0.2, -0.15) is 5.10 Å². The maximum atomic E-state index is 12.4. The molecule has 1 aliphatic heterocycles. The topological polar surface area (TPSA) is 80.9 Å². The Morgan fingerprint density at radius 3 is 2.92 bits per heavy atom. The quantitative estimate of drug-likeness (QED) is 0.773. The Labute approximate surface area is 145 Å². The van der Waals surface area contributed by atoms with E-state index in [9.17, 15) is 4.79 Å². The molecular formula is C17H21N7O. The van der Waals surface area contributed by atoms with Gasteiger partial charge in [0.15, 0.2) is 5.65 Å². The van der Waals surface area contributed by atoms with E-state index < -0.39 is 0 Å². The number of aromatic nitrogens is 5. The van der Waals surface area contributed by atoms with Gasteiger partial charge in [-0.05, 0) is 31.0 Å². The molecule has 4 rings (SSSR count). The molecule has 1 aliphatic rings. The number of nitrogens with one attached hydrogen (secondary N) is 1. The van der Waals surface area contributed by atoms with E-state index in [0.717, 1.165) is 43.0 Å². The molecule has 0 aromatic carbocycles. The maximum Gasteiger partial charge on any atom is 0.269 e. The molecule has 0 bridgehead atoms. The summed E-state index contributed by atoms with van der Waals surface area (Å²) in [5.74, 6) is 0.812. The van der Waals surface area contributed by atoms with E-state index in [1.165, 1.54) is 0 Å². The second kappa shape index (κ2) is 6.19. The lowest BCUT2D eigenvalue weighted by Crippen LogP contribution is -2.48. The number of anilines is 1. The molecule has 1 saturated heterocycles. The number of rotatable bonds is 3. The fraction of sp³-hybridized carbons (Fsp3) is 0.412. The predicted octanol–water partition coefficient (Wildman–Crippen LogP) is 1.10. The summed E-state index contributed by atoms with van der Waals surface area (Å²) in [4.78, 5) is 23.8. The average molecular weight is 339 g/mol. The van der Waals surface area contributed by atoms with E-state index in [4.69, 9.17) is 4.98 Å². The Morgan fingerprint density at radius 2 is 2.16 bits per heavy atom. The molecular weight excluding hydrogens is 318 g/mol. The van der Waals surface area contributed by atoms with Crippen molar-refractivity contribution in [3.8, 4) is 0 Å². The Morgan fingerprint density at radius 1 is 1.28 bits per heavy atom. The van der Waals surface area contributed by atoms with Crippen LogP contribution in [-0.2, 0) is 14.1 Å². The summed E-state index contributed by atoms with van der Waals surface area (Å²) in [6.45, 7) is 1.66. The van der Waals surface area contributed by atoms with Crippen LogP contribution in [0.4, 0.5) is 5.95 Å². The molecule has 3 aromatic heterocycles. The van der Waals surface area contributed by atoms with Gasteiger partial charge in [0.25, 0.3) is 5.91 Å². The number of imidazole rings is 1. The normalized spacial score (nSPS) is 17.8. The number of pyridine rings is 1. The number of fused-ring (bicyclic) bond motifs is 1. The highest BCUT2D eigenvalue weighted by atomic mass is 16.2. The summed E-state index contributed by atoms with van der Waals surface area (Å²) < 4.78 is 3.60. The predicted molar refractivity (Wildman–Crippen MR) is 94.4 cm³/mol. The zero-order valence-corrected chi connectivity index (χ0v) is 14.4. The van der Waals surface area contributed by atoms with Crippen molar-refractivity contribution in [1.82, 2.24) is 29.6 Å². The fourth-order valence-corrected chi connectivity index (χ4v) is 3.43. The molecule has 1 N–H and O–H groups in total. The highest BCUT2D eigenvalue weighted by Crippen LogP contribution is 2.22. The molecule has 1 unspecified atom stereocenters. The summed E-state index contributed by atoms with van der Waals surface area (Å²) >= 11 is 0. The summed E-state index contributed by atoms with van der Waals surface area (Å²) in [7, 11) is 3.75. The van der Waals surface area contributed by atoms with Gasteiger partial charge in [-0.25, -0.2) is 9.97 Å². The lowest BCUT2D eigenvalue weighted by Gasteiger charge is -2.33. The summed E-state index contributed by atoms with van der Waals surface area (Å²) in [6.07, 6.45) is 5.38. The van der Waals surface area contributed by atoms with Crippen LogP contribution in [-0.4, -0.2) is 49.4 Å². The first-order chi connectivity index (χ1) is 12.1. The Kier molecular flexibility index (Phi) is 3.87.